The van der Waals surface area contributed by atoms with Crippen LogP contribution in [0.5, 0.6) is 0 Å². The fourth-order valence-corrected chi connectivity index (χ4v) is 4.98. The molecule has 1 saturated carbocycles. The molecule has 0 aliphatic heterocycles. The van der Waals surface area contributed by atoms with E-state index in [1.807, 2.05) is 18.4 Å². The van der Waals surface area contributed by atoms with Crippen molar-refractivity contribution in [1.29, 1.82) is 0 Å². The van der Waals surface area contributed by atoms with Gasteiger partial charge in [-0.2, -0.15) is 0 Å². The van der Waals surface area contributed by atoms with Gasteiger partial charge in [0.15, 0.2) is 0 Å². The van der Waals surface area contributed by atoms with Gasteiger partial charge in [-0.3, -0.25) is 0 Å². The van der Waals surface area contributed by atoms with Crippen LogP contribution in [0.3, 0.4) is 0 Å². The van der Waals surface area contributed by atoms with Gasteiger partial charge in [-0.25, -0.2) is 0 Å². The predicted molar refractivity (Wildman–Crippen MR) is 90.4 cm³/mol. The van der Waals surface area contributed by atoms with E-state index in [2.05, 4.69) is 39.6 Å². The number of thiophene rings is 1. The molecule has 1 aliphatic carbocycles. The summed E-state index contributed by atoms with van der Waals surface area (Å²) in [6.07, 6.45) is 8.17. The van der Waals surface area contributed by atoms with Crippen LogP contribution in [0.25, 0.3) is 0 Å². The Bertz CT molecular complexity index is 390. The lowest BCUT2D eigenvalue weighted by Crippen LogP contribution is -2.39. The van der Waals surface area contributed by atoms with E-state index < -0.39 is 0 Å². The van der Waals surface area contributed by atoms with Crippen molar-refractivity contribution in [2.24, 2.45) is 5.92 Å². The Morgan fingerprint density at radius 2 is 2.15 bits per heavy atom. The monoisotopic (exact) mass is 359 g/mol. The summed E-state index contributed by atoms with van der Waals surface area (Å²) in [5.74, 6) is 0.692. The number of rotatable bonds is 7. The Labute approximate surface area is 135 Å². The highest BCUT2D eigenvalue weighted by Gasteiger charge is 2.32. The Hall–Kier alpha value is 0.1000. The number of nitrogens with one attached hydrogen (secondary N) is 1. The maximum atomic E-state index is 5.95. The molecule has 1 aliphatic rings. The third kappa shape index (κ3) is 4.06. The van der Waals surface area contributed by atoms with Crippen LogP contribution in [0.15, 0.2) is 15.9 Å². The molecule has 0 radical (unpaired) electrons. The summed E-state index contributed by atoms with van der Waals surface area (Å²) in [7, 11) is 1.88. The molecule has 1 fully saturated rings. The van der Waals surface area contributed by atoms with Gasteiger partial charge in [0.25, 0.3) is 0 Å². The average molecular weight is 360 g/mol. The summed E-state index contributed by atoms with van der Waals surface area (Å²) >= 11 is 5.52. The summed E-state index contributed by atoms with van der Waals surface area (Å²) in [5, 5.41) is 5.88. The van der Waals surface area contributed by atoms with Crippen molar-refractivity contribution in [2.75, 3.05) is 13.7 Å². The summed E-state index contributed by atoms with van der Waals surface area (Å²) < 4.78 is 7.17. The first-order valence-corrected chi connectivity index (χ1v) is 9.44. The quantitative estimate of drug-likeness (QED) is 0.726. The van der Waals surface area contributed by atoms with Gasteiger partial charge >= 0.3 is 0 Å². The summed E-state index contributed by atoms with van der Waals surface area (Å²) in [4.78, 5) is 1.39. The lowest BCUT2D eigenvalue weighted by molar-refractivity contribution is 0.00829. The minimum atomic E-state index is 0.289. The normalized spacial score (nSPS) is 19.9. The van der Waals surface area contributed by atoms with Crippen molar-refractivity contribution in [3.63, 3.8) is 0 Å². The Morgan fingerprint density at radius 3 is 2.70 bits per heavy atom. The fourth-order valence-electron chi connectivity index (χ4n) is 3.25. The molecule has 1 aromatic heterocycles. The van der Waals surface area contributed by atoms with E-state index in [9.17, 15) is 0 Å². The largest absolute Gasteiger partial charge is 0.379 e. The van der Waals surface area contributed by atoms with Crippen LogP contribution >= 0.6 is 27.3 Å². The van der Waals surface area contributed by atoms with Crippen molar-refractivity contribution in [3.05, 3.63) is 20.8 Å². The van der Waals surface area contributed by atoms with Gasteiger partial charge in [0.1, 0.15) is 0 Å². The van der Waals surface area contributed by atoms with Gasteiger partial charge in [0.05, 0.1) is 12.1 Å². The molecule has 2 atom stereocenters. The van der Waals surface area contributed by atoms with Gasteiger partial charge in [-0.05, 0) is 59.1 Å². The Kier molecular flexibility index (Phi) is 7.02. The van der Waals surface area contributed by atoms with Crippen LogP contribution in [0, 0.1) is 5.92 Å². The molecule has 4 heteroatoms. The average Bonchev–Trinajstić information content (AvgIpc) is 2.90. The van der Waals surface area contributed by atoms with Gasteiger partial charge in [-0.15, -0.1) is 11.3 Å². The smallest absolute Gasteiger partial charge is 0.0802 e. The molecule has 0 aromatic carbocycles. The molecule has 2 nitrogen and oxygen atoms in total. The van der Waals surface area contributed by atoms with Gasteiger partial charge < -0.3 is 10.1 Å². The molecule has 20 heavy (non-hydrogen) atoms. The van der Waals surface area contributed by atoms with Crippen molar-refractivity contribution in [3.8, 4) is 0 Å². The molecule has 1 N–H and O–H groups in total. The highest BCUT2D eigenvalue weighted by Crippen LogP contribution is 2.38. The molecule has 114 valence electrons. The molecule has 0 amide bonds. The third-order valence-electron chi connectivity index (χ3n) is 4.26. The van der Waals surface area contributed by atoms with Crippen LogP contribution in [-0.4, -0.2) is 19.8 Å². The molecule has 0 bridgehead atoms. The number of hydrogen-bond donors (Lipinski definition) is 1. The summed E-state index contributed by atoms with van der Waals surface area (Å²) in [5.41, 5.74) is 0. The lowest BCUT2D eigenvalue weighted by Gasteiger charge is -2.35. The SMILES string of the molecule is CCCNC(c1sccc1Br)C(OC)C1CCCCC1. The molecule has 1 aromatic rings. The van der Waals surface area contributed by atoms with Gasteiger partial charge in [-0.1, -0.05) is 26.2 Å². The van der Waals surface area contributed by atoms with Crippen molar-refractivity contribution >= 4 is 27.3 Å². The van der Waals surface area contributed by atoms with Crippen LogP contribution in [-0.2, 0) is 4.74 Å². The van der Waals surface area contributed by atoms with Crippen LogP contribution in [0.4, 0.5) is 0 Å². The molecular weight excluding hydrogens is 334 g/mol. The van der Waals surface area contributed by atoms with Crippen LogP contribution in [0.2, 0.25) is 0 Å². The van der Waals surface area contributed by atoms with E-state index in [1.54, 1.807) is 0 Å². The zero-order chi connectivity index (χ0) is 14.4. The predicted octanol–water partition coefficient (Wildman–Crippen LogP) is 5.15. The molecule has 2 rings (SSSR count). The minimum absolute atomic E-state index is 0.289. The lowest BCUT2D eigenvalue weighted by atomic mass is 9.82. The fraction of sp³-hybridized carbons (Fsp3) is 0.750. The first-order valence-electron chi connectivity index (χ1n) is 7.77. The second-order valence-electron chi connectivity index (χ2n) is 5.66. The van der Waals surface area contributed by atoms with E-state index in [4.69, 9.17) is 4.74 Å². The van der Waals surface area contributed by atoms with Crippen molar-refractivity contribution in [1.82, 2.24) is 5.32 Å². The number of ether oxygens (including phenoxy) is 1. The molecule has 2 unspecified atom stereocenters. The highest BCUT2D eigenvalue weighted by atomic mass is 79.9. The van der Waals surface area contributed by atoms with Crippen LogP contribution < -0.4 is 5.32 Å². The second-order valence-corrected chi connectivity index (χ2v) is 7.47. The van der Waals surface area contributed by atoms with Gasteiger partial charge in [0.2, 0.25) is 0 Å². The first kappa shape index (κ1) is 16.5. The Balaban J connectivity index is 2.16. The van der Waals surface area contributed by atoms with Crippen LogP contribution in [0.1, 0.15) is 56.4 Å². The molecule has 1 heterocycles. The number of hydrogen-bond acceptors (Lipinski definition) is 3. The van der Waals surface area contributed by atoms with Crippen molar-refractivity contribution in [2.45, 2.75) is 57.6 Å². The highest BCUT2D eigenvalue weighted by molar-refractivity contribution is 9.10. The second kappa shape index (κ2) is 8.52. The minimum Gasteiger partial charge on any atom is -0.379 e. The van der Waals surface area contributed by atoms with Crippen molar-refractivity contribution < 1.29 is 4.74 Å². The third-order valence-corrected chi connectivity index (χ3v) is 6.21. The first-order chi connectivity index (χ1) is 9.77. The Morgan fingerprint density at radius 1 is 1.40 bits per heavy atom. The zero-order valence-electron chi connectivity index (χ0n) is 12.5. The number of methoxy groups -OCH3 is 1. The van der Waals surface area contributed by atoms with E-state index in [1.165, 1.54) is 41.5 Å². The zero-order valence-corrected chi connectivity index (χ0v) is 14.9. The topological polar surface area (TPSA) is 21.3 Å². The summed E-state index contributed by atoms with van der Waals surface area (Å²) in [6.45, 7) is 3.26. The maximum absolute atomic E-state index is 5.95. The van der Waals surface area contributed by atoms with E-state index >= 15 is 0 Å². The van der Waals surface area contributed by atoms with Gasteiger partial charge in [0, 0.05) is 16.5 Å². The number of halogens is 1. The van der Waals surface area contributed by atoms with E-state index in [-0.39, 0.29) is 6.10 Å². The maximum Gasteiger partial charge on any atom is 0.0802 e. The molecule has 0 spiro atoms. The summed E-state index contributed by atoms with van der Waals surface area (Å²) in [6, 6.07) is 2.46. The van der Waals surface area contributed by atoms with E-state index in [0.717, 1.165) is 13.0 Å². The molecular formula is C16H26BrNOS. The van der Waals surface area contributed by atoms with E-state index in [0.29, 0.717) is 12.0 Å². The molecule has 0 saturated heterocycles. The standard InChI is InChI=1S/C16H26BrNOS/c1-3-10-18-14(16-13(17)9-11-20-16)15(19-2)12-7-5-4-6-8-12/h9,11-12,14-15,18H,3-8,10H2,1-2H3.